The van der Waals surface area contributed by atoms with Gasteiger partial charge in [0.05, 0.1) is 6.54 Å². The second-order valence-corrected chi connectivity index (χ2v) is 6.43. The summed E-state index contributed by atoms with van der Waals surface area (Å²) in [5.74, 6) is 0.836. The van der Waals surface area contributed by atoms with Crippen LogP contribution in [0.4, 0.5) is 0 Å². The number of hydrogen-bond acceptors (Lipinski definition) is 4. The molecule has 1 amide bonds. The highest BCUT2D eigenvalue weighted by atomic mass is 32.2. The molecular weight excluding hydrogens is 284 g/mol. The lowest BCUT2D eigenvalue weighted by Crippen LogP contribution is -2.27. The van der Waals surface area contributed by atoms with Crippen LogP contribution in [0, 0.1) is 0 Å². The zero-order valence-corrected chi connectivity index (χ0v) is 12.7. The van der Waals surface area contributed by atoms with Crippen molar-refractivity contribution in [2.24, 2.45) is 4.99 Å². The van der Waals surface area contributed by atoms with E-state index in [0.717, 1.165) is 30.7 Å². The van der Waals surface area contributed by atoms with Gasteiger partial charge in [-0.15, -0.1) is 0 Å². The molecule has 110 valence electrons. The van der Waals surface area contributed by atoms with E-state index in [0.29, 0.717) is 5.17 Å². The van der Waals surface area contributed by atoms with Crippen molar-refractivity contribution in [3.63, 3.8) is 0 Å². The molecule has 0 spiro atoms. The molecule has 1 aliphatic heterocycles. The predicted octanol–water partition coefficient (Wildman–Crippen LogP) is 2.36. The number of aryl methyl sites for hydroxylation is 2. The van der Waals surface area contributed by atoms with Gasteiger partial charge in [0.15, 0.2) is 11.0 Å². The van der Waals surface area contributed by atoms with E-state index in [1.807, 2.05) is 12.1 Å². The number of hydrogen-bond donors (Lipinski definition) is 1. The molecule has 0 saturated heterocycles. The number of amidine groups is 1. The number of ketones is 1. The van der Waals surface area contributed by atoms with E-state index < -0.39 is 0 Å². The van der Waals surface area contributed by atoms with Crippen molar-refractivity contribution in [3.05, 3.63) is 34.9 Å². The Balaban J connectivity index is 1.53. The number of aliphatic imine (C=N–C) groups is 1. The summed E-state index contributed by atoms with van der Waals surface area (Å²) >= 11 is 1.55. The molecule has 0 fully saturated rings. The van der Waals surface area contributed by atoms with E-state index in [2.05, 4.69) is 16.4 Å². The summed E-state index contributed by atoms with van der Waals surface area (Å²) in [5.41, 5.74) is 3.39. The molecule has 0 unspecified atom stereocenters. The maximum Gasteiger partial charge on any atom is 0.226 e. The first-order valence-electron chi connectivity index (χ1n) is 7.34. The Bertz CT molecular complexity index is 610. The summed E-state index contributed by atoms with van der Waals surface area (Å²) in [6, 6.07) is 5.94. The number of carbonyl (C=O) groups excluding carboxylic acids is 2. The molecule has 1 heterocycles. The predicted molar refractivity (Wildman–Crippen MR) is 84.9 cm³/mol. The molecule has 0 saturated carbocycles. The minimum absolute atomic E-state index is 0.0425. The third-order valence-electron chi connectivity index (χ3n) is 3.83. The first-order chi connectivity index (χ1) is 10.2. The Morgan fingerprint density at radius 1 is 1.19 bits per heavy atom. The third kappa shape index (κ3) is 3.53. The molecule has 1 aromatic carbocycles. The maximum absolute atomic E-state index is 12.2. The number of benzene rings is 1. The van der Waals surface area contributed by atoms with E-state index in [9.17, 15) is 9.59 Å². The highest BCUT2D eigenvalue weighted by Crippen LogP contribution is 2.23. The van der Waals surface area contributed by atoms with Crippen molar-refractivity contribution in [1.82, 2.24) is 5.32 Å². The number of nitrogens with zero attached hydrogens (tertiary/aromatic N) is 1. The van der Waals surface area contributed by atoms with Crippen LogP contribution in [-0.4, -0.2) is 29.2 Å². The quantitative estimate of drug-likeness (QED) is 0.869. The van der Waals surface area contributed by atoms with Crippen LogP contribution in [0.2, 0.25) is 0 Å². The number of amides is 1. The first kappa shape index (κ1) is 14.3. The SMILES string of the molecule is O=C(CCC(=O)c1ccc2c(c1)CCC2)NC1=NCCS1. The van der Waals surface area contributed by atoms with Gasteiger partial charge in [-0.05, 0) is 36.5 Å². The molecule has 2 aliphatic rings. The highest BCUT2D eigenvalue weighted by molar-refractivity contribution is 8.14. The van der Waals surface area contributed by atoms with Crippen molar-refractivity contribution in [2.45, 2.75) is 32.1 Å². The van der Waals surface area contributed by atoms with Crippen molar-refractivity contribution in [1.29, 1.82) is 0 Å². The van der Waals surface area contributed by atoms with Gasteiger partial charge in [0, 0.05) is 24.2 Å². The summed E-state index contributed by atoms with van der Waals surface area (Å²) in [6.07, 6.45) is 3.83. The molecular formula is C16H18N2O2S. The maximum atomic E-state index is 12.2. The number of thioether (sulfide) groups is 1. The number of nitrogens with one attached hydrogen (secondary N) is 1. The number of Topliss-reactive ketones (excluding diaryl/α,β-unsaturated/α-hetero) is 1. The lowest BCUT2D eigenvalue weighted by molar-refractivity contribution is -0.119. The Kier molecular flexibility index (Phi) is 4.39. The molecule has 1 aromatic rings. The standard InChI is InChI=1S/C16H18N2O2S/c19-14(6-7-15(20)18-16-17-8-9-21-16)13-5-4-11-2-1-3-12(11)10-13/h4-5,10H,1-3,6-9H2,(H,17,18,20). The summed E-state index contributed by atoms with van der Waals surface area (Å²) in [5, 5.41) is 3.43. The van der Waals surface area contributed by atoms with Crippen LogP contribution in [0.15, 0.2) is 23.2 Å². The van der Waals surface area contributed by atoms with Crippen LogP contribution in [-0.2, 0) is 17.6 Å². The summed E-state index contributed by atoms with van der Waals surface area (Å²) < 4.78 is 0. The van der Waals surface area contributed by atoms with Gasteiger partial charge in [-0.1, -0.05) is 23.9 Å². The largest absolute Gasteiger partial charge is 0.305 e. The molecule has 5 heteroatoms. The lowest BCUT2D eigenvalue weighted by atomic mass is 10.0. The van der Waals surface area contributed by atoms with Crippen molar-refractivity contribution in [2.75, 3.05) is 12.3 Å². The normalized spacial score (nSPS) is 16.5. The molecule has 0 bridgehead atoms. The van der Waals surface area contributed by atoms with Crippen molar-refractivity contribution >= 4 is 28.6 Å². The average Bonchev–Trinajstić information content (AvgIpc) is 3.14. The van der Waals surface area contributed by atoms with Crippen LogP contribution in [0.25, 0.3) is 0 Å². The Morgan fingerprint density at radius 2 is 2.05 bits per heavy atom. The van der Waals surface area contributed by atoms with E-state index in [1.54, 1.807) is 11.8 Å². The third-order valence-corrected chi connectivity index (χ3v) is 4.72. The fourth-order valence-electron chi connectivity index (χ4n) is 2.71. The van der Waals surface area contributed by atoms with Crippen molar-refractivity contribution < 1.29 is 9.59 Å². The van der Waals surface area contributed by atoms with Gasteiger partial charge in [0.2, 0.25) is 5.91 Å². The number of fused-ring (bicyclic) bond motifs is 1. The van der Waals surface area contributed by atoms with E-state index in [4.69, 9.17) is 0 Å². The minimum atomic E-state index is -0.127. The number of rotatable bonds is 4. The zero-order chi connectivity index (χ0) is 14.7. The second-order valence-electron chi connectivity index (χ2n) is 5.34. The molecule has 3 rings (SSSR count). The summed E-state index contributed by atoms with van der Waals surface area (Å²) in [4.78, 5) is 28.1. The van der Waals surface area contributed by atoms with Crippen LogP contribution in [0.5, 0.6) is 0 Å². The van der Waals surface area contributed by atoms with Gasteiger partial charge in [0.25, 0.3) is 0 Å². The van der Waals surface area contributed by atoms with Gasteiger partial charge in [-0.3, -0.25) is 14.6 Å². The van der Waals surface area contributed by atoms with Gasteiger partial charge >= 0.3 is 0 Å². The Labute approximate surface area is 128 Å². The van der Waals surface area contributed by atoms with Crippen LogP contribution < -0.4 is 5.32 Å². The molecule has 0 atom stereocenters. The molecule has 1 aliphatic carbocycles. The molecule has 0 radical (unpaired) electrons. The molecule has 1 N–H and O–H groups in total. The highest BCUT2D eigenvalue weighted by Gasteiger charge is 2.16. The van der Waals surface area contributed by atoms with Gasteiger partial charge < -0.3 is 5.32 Å². The first-order valence-corrected chi connectivity index (χ1v) is 8.33. The fraction of sp³-hybridized carbons (Fsp3) is 0.438. The minimum Gasteiger partial charge on any atom is -0.305 e. The van der Waals surface area contributed by atoms with E-state index >= 15 is 0 Å². The van der Waals surface area contributed by atoms with Crippen molar-refractivity contribution in [3.8, 4) is 0 Å². The second kappa shape index (κ2) is 6.43. The topological polar surface area (TPSA) is 58.5 Å². The van der Waals surface area contributed by atoms with Crippen LogP contribution >= 0.6 is 11.8 Å². The fourth-order valence-corrected chi connectivity index (χ4v) is 3.45. The van der Waals surface area contributed by atoms with Crippen LogP contribution in [0.3, 0.4) is 0 Å². The Morgan fingerprint density at radius 3 is 2.86 bits per heavy atom. The number of carbonyl (C=O) groups is 2. The van der Waals surface area contributed by atoms with E-state index in [1.165, 1.54) is 17.5 Å². The summed E-state index contributed by atoms with van der Waals surface area (Å²) in [7, 11) is 0. The lowest BCUT2D eigenvalue weighted by Gasteiger charge is -2.05. The monoisotopic (exact) mass is 302 g/mol. The average molecular weight is 302 g/mol. The van der Waals surface area contributed by atoms with Gasteiger partial charge in [-0.2, -0.15) is 0 Å². The summed E-state index contributed by atoms with van der Waals surface area (Å²) in [6.45, 7) is 0.758. The molecule has 21 heavy (non-hydrogen) atoms. The Hall–Kier alpha value is -1.62. The molecule has 0 aromatic heterocycles. The zero-order valence-electron chi connectivity index (χ0n) is 11.9. The molecule has 4 nitrogen and oxygen atoms in total. The van der Waals surface area contributed by atoms with E-state index in [-0.39, 0.29) is 24.5 Å². The smallest absolute Gasteiger partial charge is 0.226 e. The van der Waals surface area contributed by atoms with Gasteiger partial charge in [-0.25, -0.2) is 0 Å². The van der Waals surface area contributed by atoms with Gasteiger partial charge in [0.1, 0.15) is 0 Å². The van der Waals surface area contributed by atoms with Crippen LogP contribution in [0.1, 0.15) is 40.7 Å².